The van der Waals surface area contributed by atoms with E-state index in [1.165, 1.54) is 12.8 Å². The van der Waals surface area contributed by atoms with Crippen LogP contribution in [0.1, 0.15) is 55.6 Å². The molecule has 1 saturated carbocycles. The number of anilines is 1. The van der Waals surface area contributed by atoms with Crippen molar-refractivity contribution in [3.8, 4) is 0 Å². The Balaban J connectivity index is 2.13. The Hall–Kier alpha value is -1.58. The molecule has 4 heteroatoms. The van der Waals surface area contributed by atoms with Crippen molar-refractivity contribution in [2.75, 3.05) is 18.9 Å². The lowest BCUT2D eigenvalue weighted by atomic mass is 10.1. The topological polar surface area (TPSA) is 54.0 Å². The number of hydrogen-bond donors (Lipinski definition) is 2. The van der Waals surface area contributed by atoms with Crippen molar-refractivity contribution in [1.29, 1.82) is 0 Å². The van der Waals surface area contributed by atoms with Gasteiger partial charge in [0.2, 0.25) is 0 Å². The highest BCUT2D eigenvalue weighted by Crippen LogP contribution is 2.44. The average molecular weight is 261 g/mol. The van der Waals surface area contributed by atoms with E-state index in [0.29, 0.717) is 16.9 Å². The fraction of sp³-hybridized carbons (Fsp3) is 0.600. The van der Waals surface area contributed by atoms with E-state index >= 15 is 0 Å². The van der Waals surface area contributed by atoms with E-state index < -0.39 is 0 Å². The first-order valence-corrected chi connectivity index (χ1v) is 6.91. The molecular weight excluding hydrogens is 238 g/mol. The molecule has 1 aliphatic carbocycles. The molecule has 104 valence electrons. The molecule has 0 saturated heterocycles. The van der Waals surface area contributed by atoms with Crippen LogP contribution in [-0.4, -0.2) is 24.5 Å². The number of pyridine rings is 1. The van der Waals surface area contributed by atoms with E-state index in [4.69, 9.17) is 0 Å². The summed E-state index contributed by atoms with van der Waals surface area (Å²) in [5.41, 5.74) is 1.96. The van der Waals surface area contributed by atoms with Gasteiger partial charge in [0, 0.05) is 24.8 Å². The fourth-order valence-electron chi connectivity index (χ4n) is 1.89. The molecule has 0 radical (unpaired) electrons. The van der Waals surface area contributed by atoms with E-state index in [2.05, 4.69) is 36.4 Å². The summed E-state index contributed by atoms with van der Waals surface area (Å²) in [5.74, 6) is 1.05. The maximum Gasteiger partial charge on any atom is 0.251 e. The van der Waals surface area contributed by atoms with Gasteiger partial charge < -0.3 is 10.6 Å². The minimum absolute atomic E-state index is 0.00562. The molecule has 19 heavy (non-hydrogen) atoms. The molecule has 2 rings (SSSR count). The zero-order chi connectivity index (χ0) is 14.0. The van der Waals surface area contributed by atoms with E-state index in [0.717, 1.165) is 18.1 Å². The molecule has 0 bridgehead atoms. The van der Waals surface area contributed by atoms with Gasteiger partial charge in [0.15, 0.2) is 0 Å². The minimum Gasteiger partial charge on any atom is -0.373 e. The Morgan fingerprint density at radius 2 is 2.11 bits per heavy atom. The van der Waals surface area contributed by atoms with Crippen molar-refractivity contribution in [3.63, 3.8) is 0 Å². The van der Waals surface area contributed by atoms with Crippen molar-refractivity contribution in [2.24, 2.45) is 5.41 Å². The third kappa shape index (κ3) is 3.46. The molecule has 2 N–H and O–H groups in total. The summed E-state index contributed by atoms with van der Waals surface area (Å²) in [4.78, 5) is 16.7. The van der Waals surface area contributed by atoms with E-state index in [1.54, 1.807) is 6.07 Å². The van der Waals surface area contributed by atoms with Gasteiger partial charge in [0.25, 0.3) is 5.91 Å². The van der Waals surface area contributed by atoms with Crippen molar-refractivity contribution in [2.45, 2.75) is 39.5 Å². The SMILES string of the molecule is CNc1cc(C(=O)NCC2(C)CC2)cc(C(C)C)n1. The molecule has 1 amide bonds. The maximum atomic E-state index is 12.2. The molecule has 1 aromatic heterocycles. The van der Waals surface area contributed by atoms with Crippen molar-refractivity contribution >= 4 is 11.7 Å². The highest BCUT2D eigenvalue weighted by molar-refractivity contribution is 5.95. The van der Waals surface area contributed by atoms with Crippen LogP contribution in [0, 0.1) is 5.41 Å². The predicted octanol–water partition coefficient (Wildman–Crippen LogP) is 2.78. The Morgan fingerprint density at radius 1 is 1.42 bits per heavy atom. The molecule has 1 heterocycles. The maximum absolute atomic E-state index is 12.2. The van der Waals surface area contributed by atoms with E-state index in [1.807, 2.05) is 13.1 Å². The summed E-state index contributed by atoms with van der Waals surface area (Å²) < 4.78 is 0. The average Bonchev–Trinajstić information content (AvgIpc) is 3.13. The third-order valence-electron chi connectivity index (χ3n) is 3.73. The van der Waals surface area contributed by atoms with Gasteiger partial charge in [-0.2, -0.15) is 0 Å². The molecule has 0 aromatic carbocycles. The van der Waals surface area contributed by atoms with Gasteiger partial charge in [-0.1, -0.05) is 20.8 Å². The zero-order valence-corrected chi connectivity index (χ0v) is 12.2. The van der Waals surface area contributed by atoms with Crippen LogP contribution in [0.15, 0.2) is 12.1 Å². The van der Waals surface area contributed by atoms with Crippen LogP contribution in [0.4, 0.5) is 5.82 Å². The smallest absolute Gasteiger partial charge is 0.251 e. The van der Waals surface area contributed by atoms with Gasteiger partial charge in [0.1, 0.15) is 5.82 Å². The molecule has 1 fully saturated rings. The van der Waals surface area contributed by atoms with Gasteiger partial charge in [-0.05, 0) is 36.3 Å². The lowest BCUT2D eigenvalue weighted by molar-refractivity contribution is 0.0946. The molecule has 0 spiro atoms. The number of carbonyl (C=O) groups is 1. The first-order valence-electron chi connectivity index (χ1n) is 6.91. The van der Waals surface area contributed by atoms with E-state index in [-0.39, 0.29) is 5.91 Å². The van der Waals surface area contributed by atoms with Gasteiger partial charge in [-0.15, -0.1) is 0 Å². The Bertz CT molecular complexity index is 478. The van der Waals surface area contributed by atoms with Crippen LogP contribution < -0.4 is 10.6 Å². The Kier molecular flexibility index (Phi) is 3.78. The lowest BCUT2D eigenvalue weighted by Crippen LogP contribution is -2.29. The summed E-state index contributed by atoms with van der Waals surface area (Å²) in [6.45, 7) is 7.13. The number of nitrogens with zero attached hydrogens (tertiary/aromatic N) is 1. The van der Waals surface area contributed by atoms with Gasteiger partial charge in [0.05, 0.1) is 0 Å². The van der Waals surface area contributed by atoms with Crippen LogP contribution in [0.3, 0.4) is 0 Å². The molecule has 4 nitrogen and oxygen atoms in total. The summed E-state index contributed by atoms with van der Waals surface area (Å²) in [7, 11) is 1.82. The highest BCUT2D eigenvalue weighted by atomic mass is 16.1. The van der Waals surface area contributed by atoms with Crippen LogP contribution in [0.5, 0.6) is 0 Å². The number of nitrogens with one attached hydrogen (secondary N) is 2. The summed E-state index contributed by atoms with van der Waals surface area (Å²) >= 11 is 0. The molecule has 0 unspecified atom stereocenters. The number of amides is 1. The second-order valence-corrected chi connectivity index (χ2v) is 6.06. The largest absolute Gasteiger partial charge is 0.373 e. The minimum atomic E-state index is -0.00562. The number of aromatic nitrogens is 1. The van der Waals surface area contributed by atoms with Crippen molar-refractivity contribution < 1.29 is 4.79 Å². The fourth-order valence-corrected chi connectivity index (χ4v) is 1.89. The highest BCUT2D eigenvalue weighted by Gasteiger charge is 2.37. The normalized spacial score (nSPS) is 16.3. The second-order valence-electron chi connectivity index (χ2n) is 6.06. The summed E-state index contributed by atoms with van der Waals surface area (Å²) in [5, 5.41) is 6.04. The van der Waals surface area contributed by atoms with Crippen LogP contribution in [0.2, 0.25) is 0 Å². The lowest BCUT2D eigenvalue weighted by Gasteiger charge is -2.13. The second kappa shape index (κ2) is 5.19. The van der Waals surface area contributed by atoms with Gasteiger partial charge >= 0.3 is 0 Å². The van der Waals surface area contributed by atoms with Crippen molar-refractivity contribution in [3.05, 3.63) is 23.4 Å². The molecule has 0 aliphatic heterocycles. The molecule has 1 aliphatic rings. The summed E-state index contributed by atoms with van der Waals surface area (Å²) in [6, 6.07) is 3.69. The first-order chi connectivity index (χ1) is 8.93. The Morgan fingerprint density at radius 3 is 2.63 bits per heavy atom. The predicted molar refractivity (Wildman–Crippen MR) is 77.5 cm³/mol. The van der Waals surface area contributed by atoms with E-state index in [9.17, 15) is 4.79 Å². The van der Waals surface area contributed by atoms with Crippen LogP contribution in [-0.2, 0) is 0 Å². The number of rotatable bonds is 5. The van der Waals surface area contributed by atoms with Crippen molar-refractivity contribution in [1.82, 2.24) is 10.3 Å². The quantitative estimate of drug-likeness (QED) is 0.857. The monoisotopic (exact) mass is 261 g/mol. The first kappa shape index (κ1) is 13.8. The number of hydrogen-bond acceptors (Lipinski definition) is 3. The van der Waals surface area contributed by atoms with Gasteiger partial charge in [-0.3, -0.25) is 4.79 Å². The molecular formula is C15H23N3O. The standard InChI is InChI=1S/C15H23N3O/c1-10(2)12-7-11(8-13(16-4)18-12)14(19)17-9-15(3)5-6-15/h7-8,10H,5-6,9H2,1-4H3,(H,16,18)(H,17,19). The van der Waals surface area contributed by atoms with Crippen LogP contribution >= 0.6 is 0 Å². The Labute approximate surface area is 115 Å². The number of carbonyl (C=O) groups excluding carboxylic acids is 1. The zero-order valence-electron chi connectivity index (χ0n) is 12.2. The van der Waals surface area contributed by atoms with Crippen LogP contribution in [0.25, 0.3) is 0 Å². The molecule has 1 aromatic rings. The third-order valence-corrected chi connectivity index (χ3v) is 3.73. The summed E-state index contributed by atoms with van der Waals surface area (Å²) in [6.07, 6.45) is 2.42. The van der Waals surface area contributed by atoms with Gasteiger partial charge in [-0.25, -0.2) is 4.98 Å². The molecule has 0 atom stereocenters.